The first kappa shape index (κ1) is 14.4. The van der Waals surface area contributed by atoms with Gasteiger partial charge in [0.15, 0.2) is 0 Å². The van der Waals surface area contributed by atoms with Crippen molar-refractivity contribution >= 4 is 0 Å². The molecule has 1 fully saturated rings. The molecule has 0 aromatic heterocycles. The van der Waals surface area contributed by atoms with E-state index < -0.39 is 0 Å². The van der Waals surface area contributed by atoms with Crippen LogP contribution in [0.15, 0.2) is 12.1 Å². The summed E-state index contributed by atoms with van der Waals surface area (Å²) in [4.78, 5) is 0. The maximum Gasteiger partial charge on any atom is 0.122 e. The van der Waals surface area contributed by atoms with E-state index in [1.54, 1.807) is 0 Å². The van der Waals surface area contributed by atoms with Crippen molar-refractivity contribution in [2.75, 3.05) is 6.61 Å². The van der Waals surface area contributed by atoms with Gasteiger partial charge < -0.3 is 10.5 Å². The van der Waals surface area contributed by atoms with Gasteiger partial charge in [-0.3, -0.25) is 0 Å². The molecule has 19 heavy (non-hydrogen) atoms. The minimum Gasteiger partial charge on any atom is -0.493 e. The monoisotopic (exact) mass is 261 g/mol. The molecule has 0 spiro atoms. The molecular formula is C17H27NO. The van der Waals surface area contributed by atoms with Crippen LogP contribution in [0.1, 0.15) is 56.2 Å². The van der Waals surface area contributed by atoms with Crippen LogP contribution in [0.25, 0.3) is 0 Å². The van der Waals surface area contributed by atoms with Gasteiger partial charge in [0.05, 0.1) is 6.61 Å². The molecule has 0 saturated heterocycles. The van der Waals surface area contributed by atoms with Crippen LogP contribution in [0.3, 0.4) is 0 Å². The maximum atomic E-state index is 5.98. The maximum absolute atomic E-state index is 5.98. The molecule has 1 saturated carbocycles. The Morgan fingerprint density at radius 1 is 1.26 bits per heavy atom. The van der Waals surface area contributed by atoms with E-state index in [0.29, 0.717) is 5.92 Å². The Balaban J connectivity index is 2.21. The topological polar surface area (TPSA) is 35.2 Å². The molecule has 0 aliphatic heterocycles. The van der Waals surface area contributed by atoms with Crippen LogP contribution in [0.2, 0.25) is 0 Å². The fourth-order valence-corrected chi connectivity index (χ4v) is 2.47. The summed E-state index contributed by atoms with van der Waals surface area (Å²) in [5, 5.41) is 0. The number of hydrogen-bond acceptors (Lipinski definition) is 2. The second kappa shape index (κ2) is 5.96. The van der Waals surface area contributed by atoms with Crippen LogP contribution in [-0.2, 0) is 6.42 Å². The van der Waals surface area contributed by atoms with Gasteiger partial charge in [-0.1, -0.05) is 19.9 Å². The second-order valence-corrected chi connectivity index (χ2v) is 6.41. The first-order valence-electron chi connectivity index (χ1n) is 7.49. The molecule has 106 valence electrons. The van der Waals surface area contributed by atoms with E-state index in [9.17, 15) is 0 Å². The second-order valence-electron chi connectivity index (χ2n) is 6.41. The Hall–Kier alpha value is -1.02. The lowest BCUT2D eigenvalue weighted by molar-refractivity contribution is 0.297. The van der Waals surface area contributed by atoms with Crippen LogP contribution >= 0.6 is 0 Å². The Morgan fingerprint density at radius 2 is 1.95 bits per heavy atom. The minimum absolute atomic E-state index is 0.204. The predicted molar refractivity (Wildman–Crippen MR) is 80.8 cm³/mol. The minimum atomic E-state index is 0.204. The highest BCUT2D eigenvalue weighted by molar-refractivity contribution is 5.44. The zero-order valence-electron chi connectivity index (χ0n) is 12.7. The number of nitrogens with two attached hydrogens (primary N) is 1. The van der Waals surface area contributed by atoms with E-state index in [2.05, 4.69) is 39.8 Å². The first-order valence-corrected chi connectivity index (χ1v) is 7.49. The molecule has 2 nitrogen and oxygen atoms in total. The molecule has 2 N–H and O–H groups in total. The summed E-state index contributed by atoms with van der Waals surface area (Å²) in [5.74, 6) is 2.37. The van der Waals surface area contributed by atoms with E-state index >= 15 is 0 Å². The van der Waals surface area contributed by atoms with Crippen LogP contribution < -0.4 is 10.5 Å². The fraction of sp³-hybridized carbons (Fsp3) is 0.647. The Morgan fingerprint density at radius 3 is 2.47 bits per heavy atom. The smallest absolute Gasteiger partial charge is 0.122 e. The lowest BCUT2D eigenvalue weighted by atomic mass is 9.91. The zero-order valence-corrected chi connectivity index (χ0v) is 12.7. The lowest BCUT2D eigenvalue weighted by Crippen LogP contribution is -2.19. The Bertz CT molecular complexity index is 433. The van der Waals surface area contributed by atoms with Gasteiger partial charge in [-0.25, -0.2) is 0 Å². The summed E-state index contributed by atoms with van der Waals surface area (Å²) >= 11 is 0. The van der Waals surface area contributed by atoms with Crippen molar-refractivity contribution in [1.29, 1.82) is 0 Å². The van der Waals surface area contributed by atoms with Gasteiger partial charge in [-0.05, 0) is 67.7 Å². The highest BCUT2D eigenvalue weighted by Gasteiger charge is 2.22. The molecule has 0 heterocycles. The summed E-state index contributed by atoms with van der Waals surface area (Å²) in [6.45, 7) is 9.55. The van der Waals surface area contributed by atoms with Crippen LogP contribution in [0.4, 0.5) is 0 Å². The molecular weight excluding hydrogens is 234 g/mol. The molecule has 1 aromatic rings. The molecule has 0 radical (unpaired) electrons. The Labute approximate surface area is 117 Å². The van der Waals surface area contributed by atoms with Crippen molar-refractivity contribution in [3.05, 3.63) is 28.8 Å². The summed E-state index contributed by atoms with van der Waals surface area (Å²) in [7, 11) is 0. The third-order valence-corrected chi connectivity index (χ3v) is 3.77. The largest absolute Gasteiger partial charge is 0.493 e. The summed E-state index contributed by atoms with van der Waals surface area (Å²) in [6.07, 6.45) is 3.61. The molecule has 0 bridgehead atoms. The van der Waals surface area contributed by atoms with Crippen molar-refractivity contribution in [1.82, 2.24) is 0 Å². The van der Waals surface area contributed by atoms with E-state index in [1.165, 1.54) is 29.5 Å². The first-order chi connectivity index (χ1) is 8.97. The SMILES string of the molecule is Cc1cc(CC(C)N)c(C(C)C)cc1OCC1CC1. The molecule has 1 aliphatic rings. The number of aryl methyl sites for hydroxylation is 1. The zero-order chi connectivity index (χ0) is 14.0. The van der Waals surface area contributed by atoms with Crippen LogP contribution in [-0.4, -0.2) is 12.6 Å². The van der Waals surface area contributed by atoms with Crippen molar-refractivity contribution in [2.24, 2.45) is 11.7 Å². The standard InChI is InChI=1S/C17H27NO/c1-11(2)16-9-17(19-10-14-5-6-14)12(3)7-15(16)8-13(4)18/h7,9,11,13-14H,5-6,8,10,18H2,1-4H3. The summed E-state index contributed by atoms with van der Waals surface area (Å²) in [5.41, 5.74) is 9.95. The molecule has 1 aliphatic carbocycles. The van der Waals surface area contributed by atoms with Gasteiger partial charge in [-0.2, -0.15) is 0 Å². The molecule has 1 aromatic carbocycles. The Kier molecular flexibility index (Phi) is 4.51. The fourth-order valence-electron chi connectivity index (χ4n) is 2.47. The number of rotatable bonds is 6. The normalized spacial score (nSPS) is 16.7. The number of benzene rings is 1. The quantitative estimate of drug-likeness (QED) is 0.845. The molecule has 2 heteroatoms. The van der Waals surface area contributed by atoms with Crippen LogP contribution in [0.5, 0.6) is 5.75 Å². The van der Waals surface area contributed by atoms with Gasteiger partial charge in [0, 0.05) is 6.04 Å². The third kappa shape index (κ3) is 3.97. The lowest BCUT2D eigenvalue weighted by Gasteiger charge is -2.19. The van der Waals surface area contributed by atoms with Crippen molar-refractivity contribution < 1.29 is 4.74 Å². The molecule has 0 amide bonds. The van der Waals surface area contributed by atoms with Crippen molar-refractivity contribution in [3.63, 3.8) is 0 Å². The number of hydrogen-bond donors (Lipinski definition) is 1. The van der Waals surface area contributed by atoms with E-state index in [4.69, 9.17) is 10.5 Å². The van der Waals surface area contributed by atoms with Crippen LogP contribution in [0, 0.1) is 12.8 Å². The van der Waals surface area contributed by atoms with Gasteiger partial charge in [0.25, 0.3) is 0 Å². The average molecular weight is 261 g/mol. The van der Waals surface area contributed by atoms with Crippen molar-refractivity contribution in [2.45, 2.75) is 58.9 Å². The van der Waals surface area contributed by atoms with Gasteiger partial charge in [0.1, 0.15) is 5.75 Å². The summed E-state index contributed by atoms with van der Waals surface area (Å²) < 4.78 is 5.98. The van der Waals surface area contributed by atoms with E-state index in [-0.39, 0.29) is 6.04 Å². The third-order valence-electron chi connectivity index (χ3n) is 3.77. The van der Waals surface area contributed by atoms with E-state index in [0.717, 1.165) is 24.7 Å². The van der Waals surface area contributed by atoms with Gasteiger partial charge in [-0.15, -0.1) is 0 Å². The highest BCUT2D eigenvalue weighted by Crippen LogP contribution is 2.33. The van der Waals surface area contributed by atoms with E-state index in [1.807, 2.05) is 0 Å². The highest BCUT2D eigenvalue weighted by atomic mass is 16.5. The van der Waals surface area contributed by atoms with Gasteiger partial charge >= 0.3 is 0 Å². The summed E-state index contributed by atoms with van der Waals surface area (Å²) in [6, 6.07) is 4.70. The predicted octanol–water partition coefficient (Wildman–Crippen LogP) is 3.80. The van der Waals surface area contributed by atoms with Crippen molar-refractivity contribution in [3.8, 4) is 5.75 Å². The molecule has 2 rings (SSSR count). The number of ether oxygens (including phenoxy) is 1. The van der Waals surface area contributed by atoms with Gasteiger partial charge in [0.2, 0.25) is 0 Å². The average Bonchev–Trinajstić information content (AvgIpc) is 3.10. The molecule has 1 unspecified atom stereocenters. The molecule has 1 atom stereocenters.